The summed E-state index contributed by atoms with van der Waals surface area (Å²) in [5.41, 5.74) is 1.43. The summed E-state index contributed by atoms with van der Waals surface area (Å²) in [6, 6.07) is -1.14. The van der Waals surface area contributed by atoms with Gasteiger partial charge in [0, 0.05) is 31.3 Å². The van der Waals surface area contributed by atoms with E-state index in [2.05, 4.69) is 10.4 Å². The van der Waals surface area contributed by atoms with Crippen LogP contribution >= 0.6 is 11.8 Å². The van der Waals surface area contributed by atoms with E-state index in [9.17, 15) is 14.7 Å². The minimum atomic E-state index is -0.964. The van der Waals surface area contributed by atoms with Gasteiger partial charge in [-0.1, -0.05) is 6.92 Å². The van der Waals surface area contributed by atoms with E-state index in [1.54, 1.807) is 29.7 Å². The molecule has 2 rings (SSSR count). The van der Waals surface area contributed by atoms with Gasteiger partial charge in [-0.05, 0) is 6.42 Å². The van der Waals surface area contributed by atoms with Crippen molar-refractivity contribution in [3.05, 3.63) is 11.9 Å². The molecule has 2 heterocycles. The van der Waals surface area contributed by atoms with Crippen molar-refractivity contribution >= 4 is 29.4 Å². The molecule has 1 saturated heterocycles. The maximum atomic E-state index is 12.3. The maximum Gasteiger partial charge on any atom is 0.327 e. The van der Waals surface area contributed by atoms with Gasteiger partial charge < -0.3 is 15.3 Å². The Morgan fingerprint density at radius 2 is 2.35 bits per heavy atom. The quantitative estimate of drug-likeness (QED) is 0.870. The van der Waals surface area contributed by atoms with Gasteiger partial charge in [-0.15, -0.1) is 0 Å². The Bertz CT molecular complexity index is 517. The second kappa shape index (κ2) is 6.17. The summed E-state index contributed by atoms with van der Waals surface area (Å²) in [4.78, 5) is 24.8. The highest BCUT2D eigenvalue weighted by atomic mass is 32.2. The van der Waals surface area contributed by atoms with Crippen LogP contribution in [0.25, 0.3) is 0 Å². The SMILES string of the molecule is CCc1nn(C)cc1NC(=O)N1CCSCC1C(=O)O. The van der Waals surface area contributed by atoms with Crippen molar-refractivity contribution in [1.82, 2.24) is 14.7 Å². The van der Waals surface area contributed by atoms with Crippen LogP contribution in [0, 0.1) is 0 Å². The minimum Gasteiger partial charge on any atom is -0.480 e. The van der Waals surface area contributed by atoms with E-state index < -0.39 is 12.0 Å². The van der Waals surface area contributed by atoms with Gasteiger partial charge >= 0.3 is 12.0 Å². The van der Waals surface area contributed by atoms with Crippen LogP contribution in [-0.2, 0) is 18.3 Å². The molecule has 1 aliphatic rings. The van der Waals surface area contributed by atoms with Crippen LogP contribution in [0.5, 0.6) is 0 Å². The number of carboxylic acids is 1. The number of thioether (sulfide) groups is 1. The number of hydrogen-bond acceptors (Lipinski definition) is 4. The first-order chi connectivity index (χ1) is 9.52. The lowest BCUT2D eigenvalue weighted by Gasteiger charge is -2.32. The van der Waals surface area contributed by atoms with Gasteiger partial charge in [-0.2, -0.15) is 16.9 Å². The summed E-state index contributed by atoms with van der Waals surface area (Å²) in [6.45, 7) is 2.39. The van der Waals surface area contributed by atoms with E-state index in [1.165, 1.54) is 4.90 Å². The number of aliphatic carboxylic acids is 1. The molecule has 0 aliphatic carbocycles. The van der Waals surface area contributed by atoms with Crippen LogP contribution < -0.4 is 5.32 Å². The van der Waals surface area contributed by atoms with Crippen LogP contribution in [0.3, 0.4) is 0 Å². The number of rotatable bonds is 3. The van der Waals surface area contributed by atoms with Crippen molar-refractivity contribution in [1.29, 1.82) is 0 Å². The third-order valence-corrected chi connectivity index (χ3v) is 4.18. The van der Waals surface area contributed by atoms with E-state index in [0.29, 0.717) is 24.4 Å². The largest absolute Gasteiger partial charge is 0.480 e. The van der Waals surface area contributed by atoms with Crippen molar-refractivity contribution in [3.8, 4) is 0 Å². The molecule has 0 aromatic carbocycles. The Labute approximate surface area is 121 Å². The molecule has 0 bridgehead atoms. The van der Waals surface area contributed by atoms with E-state index >= 15 is 0 Å². The Morgan fingerprint density at radius 3 is 3.00 bits per heavy atom. The van der Waals surface area contributed by atoms with Crippen LogP contribution in [0.1, 0.15) is 12.6 Å². The lowest BCUT2D eigenvalue weighted by Crippen LogP contribution is -2.51. The predicted octanol–water partition coefficient (Wildman–Crippen LogP) is 1.02. The Morgan fingerprint density at radius 1 is 1.60 bits per heavy atom. The van der Waals surface area contributed by atoms with Gasteiger partial charge in [-0.25, -0.2) is 9.59 Å². The molecule has 1 aliphatic heterocycles. The number of nitrogens with one attached hydrogen (secondary N) is 1. The van der Waals surface area contributed by atoms with Gasteiger partial charge in [0.2, 0.25) is 0 Å². The van der Waals surface area contributed by atoms with E-state index in [-0.39, 0.29) is 6.03 Å². The number of aryl methyl sites for hydroxylation is 2. The number of urea groups is 1. The molecule has 0 saturated carbocycles. The zero-order valence-corrected chi connectivity index (χ0v) is 12.3. The topological polar surface area (TPSA) is 87.5 Å². The average Bonchev–Trinajstić information content (AvgIpc) is 2.78. The maximum absolute atomic E-state index is 12.3. The molecule has 7 nitrogen and oxygen atoms in total. The molecular weight excluding hydrogens is 280 g/mol. The number of carboxylic acid groups (broad SMARTS) is 1. The van der Waals surface area contributed by atoms with Crippen molar-refractivity contribution < 1.29 is 14.7 Å². The first kappa shape index (κ1) is 14.7. The molecule has 1 atom stereocenters. The predicted molar refractivity (Wildman–Crippen MR) is 77.1 cm³/mol. The van der Waals surface area contributed by atoms with Crippen molar-refractivity contribution in [2.45, 2.75) is 19.4 Å². The number of anilines is 1. The number of carbonyl (C=O) groups excluding carboxylic acids is 1. The highest BCUT2D eigenvalue weighted by Gasteiger charge is 2.32. The fourth-order valence-corrected chi connectivity index (χ4v) is 3.18. The molecule has 1 unspecified atom stereocenters. The van der Waals surface area contributed by atoms with Crippen LogP contribution in [0.4, 0.5) is 10.5 Å². The van der Waals surface area contributed by atoms with Gasteiger partial charge in [0.1, 0.15) is 6.04 Å². The second-order valence-electron chi connectivity index (χ2n) is 4.57. The number of nitrogens with zero attached hydrogens (tertiary/aromatic N) is 3. The Kier molecular flexibility index (Phi) is 4.53. The zero-order valence-electron chi connectivity index (χ0n) is 11.5. The molecule has 20 heavy (non-hydrogen) atoms. The first-order valence-corrected chi connectivity index (χ1v) is 7.59. The fourth-order valence-electron chi connectivity index (χ4n) is 2.14. The highest BCUT2D eigenvalue weighted by Crippen LogP contribution is 2.20. The summed E-state index contributed by atoms with van der Waals surface area (Å²) < 4.78 is 1.63. The molecule has 8 heteroatoms. The average molecular weight is 298 g/mol. The molecule has 1 aromatic rings. The van der Waals surface area contributed by atoms with Crippen molar-refractivity contribution in [3.63, 3.8) is 0 Å². The molecule has 110 valence electrons. The first-order valence-electron chi connectivity index (χ1n) is 6.43. The van der Waals surface area contributed by atoms with Crippen LogP contribution in [0.15, 0.2) is 6.20 Å². The molecule has 1 aromatic heterocycles. The van der Waals surface area contributed by atoms with Gasteiger partial charge in [0.05, 0.1) is 11.4 Å². The summed E-state index contributed by atoms with van der Waals surface area (Å²) in [7, 11) is 1.78. The number of amides is 2. The molecular formula is C12H18N4O3S. The van der Waals surface area contributed by atoms with Crippen LogP contribution in [-0.4, -0.2) is 55.9 Å². The lowest BCUT2D eigenvalue weighted by molar-refractivity contribution is -0.141. The number of carbonyl (C=O) groups is 2. The molecule has 1 fully saturated rings. The monoisotopic (exact) mass is 298 g/mol. The standard InChI is InChI=1S/C12H18N4O3S/c1-3-8-9(6-15(2)14-8)13-12(19)16-4-5-20-7-10(16)11(17)18/h6,10H,3-5,7H2,1-2H3,(H,13,19)(H,17,18). The molecule has 0 radical (unpaired) electrons. The smallest absolute Gasteiger partial charge is 0.327 e. The number of aromatic nitrogens is 2. The second-order valence-corrected chi connectivity index (χ2v) is 5.72. The third-order valence-electron chi connectivity index (χ3n) is 3.16. The van der Waals surface area contributed by atoms with E-state index in [4.69, 9.17) is 0 Å². The third kappa shape index (κ3) is 3.06. The number of hydrogen-bond donors (Lipinski definition) is 2. The highest BCUT2D eigenvalue weighted by molar-refractivity contribution is 7.99. The fraction of sp³-hybridized carbons (Fsp3) is 0.583. The molecule has 2 N–H and O–H groups in total. The molecule has 0 spiro atoms. The van der Waals surface area contributed by atoms with Crippen molar-refractivity contribution in [2.24, 2.45) is 7.05 Å². The van der Waals surface area contributed by atoms with Gasteiger partial charge in [0.15, 0.2) is 0 Å². The summed E-state index contributed by atoms with van der Waals surface area (Å²) in [5.74, 6) is 0.218. The minimum absolute atomic E-state index is 0.375. The Balaban J connectivity index is 2.11. The van der Waals surface area contributed by atoms with Crippen molar-refractivity contribution in [2.75, 3.05) is 23.4 Å². The van der Waals surface area contributed by atoms with E-state index in [0.717, 1.165) is 11.4 Å². The molecule has 2 amide bonds. The summed E-state index contributed by atoms with van der Waals surface area (Å²) >= 11 is 1.55. The summed E-state index contributed by atoms with van der Waals surface area (Å²) in [6.07, 6.45) is 2.43. The summed E-state index contributed by atoms with van der Waals surface area (Å²) in [5, 5.41) is 16.2. The van der Waals surface area contributed by atoms with Gasteiger partial charge in [0.25, 0.3) is 0 Å². The van der Waals surface area contributed by atoms with Crippen LogP contribution in [0.2, 0.25) is 0 Å². The Hall–Kier alpha value is -1.70. The normalized spacial score (nSPS) is 18.9. The van der Waals surface area contributed by atoms with E-state index in [1.807, 2.05) is 6.92 Å². The lowest BCUT2D eigenvalue weighted by atomic mass is 10.2. The zero-order chi connectivity index (χ0) is 14.7. The van der Waals surface area contributed by atoms with Gasteiger partial charge in [-0.3, -0.25) is 4.68 Å².